The van der Waals surface area contributed by atoms with Crippen LogP contribution in [0.3, 0.4) is 0 Å². The molecule has 1 fully saturated rings. The predicted molar refractivity (Wildman–Crippen MR) is 88.4 cm³/mol. The van der Waals surface area contributed by atoms with Crippen molar-refractivity contribution in [2.24, 2.45) is 5.41 Å². The van der Waals surface area contributed by atoms with E-state index in [4.69, 9.17) is 4.74 Å². The number of benzene rings is 1. The number of hydrogen-bond donors (Lipinski definition) is 1. The Morgan fingerprint density at radius 2 is 1.90 bits per heavy atom. The lowest BCUT2D eigenvalue weighted by atomic mass is 9.73. The van der Waals surface area contributed by atoms with E-state index in [-0.39, 0.29) is 5.60 Å². The molecule has 118 valence electrons. The highest BCUT2D eigenvalue weighted by Gasteiger charge is 2.40. The molecule has 1 aromatic rings. The SMILES string of the molecule is CN(C)C[C@]1(CNCc2ccccc2)CCOC(C)(C)C1. The second-order valence-corrected chi connectivity index (χ2v) is 7.36. The molecule has 21 heavy (non-hydrogen) atoms. The van der Waals surface area contributed by atoms with Gasteiger partial charge in [0.2, 0.25) is 0 Å². The molecule has 1 aliphatic rings. The fourth-order valence-electron chi connectivity index (χ4n) is 3.67. The van der Waals surface area contributed by atoms with E-state index < -0.39 is 0 Å². The molecule has 2 rings (SSSR count). The fraction of sp³-hybridized carbons (Fsp3) is 0.667. The van der Waals surface area contributed by atoms with Crippen molar-refractivity contribution < 1.29 is 4.74 Å². The van der Waals surface area contributed by atoms with Crippen molar-refractivity contribution in [3.63, 3.8) is 0 Å². The van der Waals surface area contributed by atoms with Crippen molar-refractivity contribution >= 4 is 0 Å². The van der Waals surface area contributed by atoms with Crippen LogP contribution in [0.1, 0.15) is 32.3 Å². The first kappa shape index (κ1) is 16.5. The van der Waals surface area contributed by atoms with E-state index >= 15 is 0 Å². The molecule has 0 bridgehead atoms. The minimum Gasteiger partial charge on any atom is -0.376 e. The molecule has 0 radical (unpaired) electrons. The molecular formula is C18H30N2O. The van der Waals surface area contributed by atoms with E-state index in [9.17, 15) is 0 Å². The minimum atomic E-state index is -0.0112. The molecule has 0 aromatic heterocycles. The van der Waals surface area contributed by atoms with Gasteiger partial charge in [0.05, 0.1) is 5.60 Å². The summed E-state index contributed by atoms with van der Waals surface area (Å²) in [6.07, 6.45) is 2.25. The smallest absolute Gasteiger partial charge is 0.0632 e. The first-order chi connectivity index (χ1) is 9.91. The minimum absolute atomic E-state index is 0.0112. The van der Waals surface area contributed by atoms with Crippen LogP contribution >= 0.6 is 0 Å². The van der Waals surface area contributed by atoms with Crippen molar-refractivity contribution in [1.29, 1.82) is 0 Å². The van der Waals surface area contributed by atoms with Gasteiger partial charge in [-0.05, 0) is 46.3 Å². The highest BCUT2D eigenvalue weighted by Crippen LogP contribution is 2.38. The molecule has 1 heterocycles. The number of ether oxygens (including phenoxy) is 1. The predicted octanol–water partition coefficient (Wildman–Crippen LogP) is 2.91. The van der Waals surface area contributed by atoms with Crippen molar-refractivity contribution in [1.82, 2.24) is 10.2 Å². The normalized spacial score (nSPS) is 25.2. The van der Waals surface area contributed by atoms with E-state index in [0.717, 1.165) is 39.1 Å². The third-order valence-corrected chi connectivity index (χ3v) is 4.25. The summed E-state index contributed by atoms with van der Waals surface area (Å²) in [4.78, 5) is 2.31. The average Bonchev–Trinajstić information content (AvgIpc) is 2.37. The summed E-state index contributed by atoms with van der Waals surface area (Å²) in [7, 11) is 4.34. The van der Waals surface area contributed by atoms with Crippen LogP contribution in [-0.4, -0.2) is 44.3 Å². The summed E-state index contributed by atoms with van der Waals surface area (Å²) in [5.74, 6) is 0. The van der Waals surface area contributed by atoms with Crippen LogP contribution in [0.2, 0.25) is 0 Å². The zero-order chi connectivity index (χ0) is 15.3. The summed E-state index contributed by atoms with van der Waals surface area (Å²) < 4.78 is 5.92. The van der Waals surface area contributed by atoms with Gasteiger partial charge in [-0.25, -0.2) is 0 Å². The van der Waals surface area contributed by atoms with Gasteiger partial charge in [0.15, 0.2) is 0 Å². The van der Waals surface area contributed by atoms with Crippen LogP contribution in [0.5, 0.6) is 0 Å². The monoisotopic (exact) mass is 290 g/mol. The second-order valence-electron chi connectivity index (χ2n) is 7.36. The van der Waals surface area contributed by atoms with Crippen LogP contribution in [-0.2, 0) is 11.3 Å². The summed E-state index contributed by atoms with van der Waals surface area (Å²) in [5, 5.41) is 3.67. The maximum atomic E-state index is 5.92. The van der Waals surface area contributed by atoms with E-state index in [1.54, 1.807) is 0 Å². The highest BCUT2D eigenvalue weighted by molar-refractivity contribution is 5.14. The molecular weight excluding hydrogens is 260 g/mol. The van der Waals surface area contributed by atoms with Crippen molar-refractivity contribution in [2.45, 2.75) is 38.8 Å². The molecule has 1 aromatic carbocycles. The second kappa shape index (κ2) is 6.91. The van der Waals surface area contributed by atoms with E-state index in [0.29, 0.717) is 5.41 Å². The Hall–Kier alpha value is -0.900. The lowest BCUT2D eigenvalue weighted by Gasteiger charge is -2.46. The van der Waals surface area contributed by atoms with Gasteiger partial charge in [-0.2, -0.15) is 0 Å². The Labute approximate surface area is 129 Å². The molecule has 0 amide bonds. The van der Waals surface area contributed by atoms with Crippen molar-refractivity contribution in [3.8, 4) is 0 Å². The van der Waals surface area contributed by atoms with E-state index in [2.05, 4.69) is 68.5 Å². The van der Waals surface area contributed by atoms with Gasteiger partial charge in [0.25, 0.3) is 0 Å². The first-order valence-corrected chi connectivity index (χ1v) is 7.94. The number of hydrogen-bond acceptors (Lipinski definition) is 3. The standard InChI is InChI=1S/C18H30N2O/c1-17(2)13-18(10-11-21-17,15-20(3)4)14-19-12-16-8-6-5-7-9-16/h5-9,19H,10-15H2,1-4H3/t18-/m1/s1. The molecule has 0 aliphatic carbocycles. The van der Waals surface area contributed by atoms with Gasteiger partial charge in [-0.1, -0.05) is 30.3 Å². The van der Waals surface area contributed by atoms with Crippen LogP contribution < -0.4 is 5.32 Å². The van der Waals surface area contributed by atoms with Crippen LogP contribution in [0.4, 0.5) is 0 Å². The Balaban J connectivity index is 1.96. The lowest BCUT2D eigenvalue weighted by Crippen LogP contribution is -2.50. The Morgan fingerprint density at radius 1 is 1.19 bits per heavy atom. The summed E-state index contributed by atoms with van der Waals surface area (Å²) in [6.45, 7) is 8.40. The Bertz CT molecular complexity index is 430. The summed E-state index contributed by atoms with van der Waals surface area (Å²) in [6, 6.07) is 10.6. The maximum Gasteiger partial charge on any atom is 0.0632 e. The Kier molecular flexibility index (Phi) is 5.42. The largest absolute Gasteiger partial charge is 0.376 e. The molecule has 3 nitrogen and oxygen atoms in total. The van der Waals surface area contributed by atoms with Crippen LogP contribution in [0, 0.1) is 5.41 Å². The van der Waals surface area contributed by atoms with Crippen molar-refractivity contribution in [2.75, 3.05) is 33.8 Å². The highest BCUT2D eigenvalue weighted by atomic mass is 16.5. The molecule has 1 aliphatic heterocycles. The third kappa shape index (κ3) is 5.10. The lowest BCUT2D eigenvalue weighted by molar-refractivity contribution is -0.109. The number of nitrogens with zero attached hydrogens (tertiary/aromatic N) is 1. The molecule has 0 unspecified atom stereocenters. The number of rotatable bonds is 6. The molecule has 3 heteroatoms. The quantitative estimate of drug-likeness (QED) is 0.872. The Morgan fingerprint density at radius 3 is 2.52 bits per heavy atom. The molecule has 1 saturated heterocycles. The van der Waals surface area contributed by atoms with Gasteiger partial charge in [-0.15, -0.1) is 0 Å². The van der Waals surface area contributed by atoms with Gasteiger partial charge >= 0.3 is 0 Å². The van der Waals surface area contributed by atoms with Gasteiger partial charge in [-0.3, -0.25) is 0 Å². The number of nitrogens with one attached hydrogen (secondary N) is 1. The van der Waals surface area contributed by atoms with E-state index in [1.165, 1.54) is 5.56 Å². The molecule has 1 N–H and O–H groups in total. The molecule has 0 saturated carbocycles. The van der Waals surface area contributed by atoms with Crippen LogP contribution in [0.15, 0.2) is 30.3 Å². The summed E-state index contributed by atoms with van der Waals surface area (Å²) in [5.41, 5.74) is 1.65. The molecule has 0 spiro atoms. The third-order valence-electron chi connectivity index (χ3n) is 4.25. The van der Waals surface area contributed by atoms with Gasteiger partial charge in [0.1, 0.15) is 0 Å². The van der Waals surface area contributed by atoms with E-state index in [1.807, 2.05) is 0 Å². The van der Waals surface area contributed by atoms with Crippen molar-refractivity contribution in [3.05, 3.63) is 35.9 Å². The van der Waals surface area contributed by atoms with Crippen LogP contribution in [0.25, 0.3) is 0 Å². The molecule has 1 atom stereocenters. The maximum absolute atomic E-state index is 5.92. The zero-order valence-corrected chi connectivity index (χ0v) is 14.0. The van der Waals surface area contributed by atoms with Gasteiger partial charge in [0, 0.05) is 31.7 Å². The topological polar surface area (TPSA) is 24.5 Å². The zero-order valence-electron chi connectivity index (χ0n) is 14.0. The first-order valence-electron chi connectivity index (χ1n) is 7.94. The summed E-state index contributed by atoms with van der Waals surface area (Å²) >= 11 is 0. The average molecular weight is 290 g/mol. The van der Waals surface area contributed by atoms with Gasteiger partial charge < -0.3 is 15.0 Å². The fourth-order valence-corrected chi connectivity index (χ4v) is 3.67.